The monoisotopic (exact) mass is 291 g/mol. The van der Waals surface area contributed by atoms with E-state index in [4.69, 9.17) is 5.73 Å². The molecular weight excluding hydrogens is 265 g/mol. The Hall–Kier alpha value is -1.58. The second-order valence-corrected chi connectivity index (χ2v) is 6.15. The van der Waals surface area contributed by atoms with Gasteiger partial charge in [0.15, 0.2) is 5.96 Å². The number of anilines is 1. The highest BCUT2D eigenvalue weighted by atomic mass is 19.1. The summed E-state index contributed by atoms with van der Waals surface area (Å²) in [5.74, 6) is 0.258. The molecule has 116 valence electrons. The lowest BCUT2D eigenvalue weighted by Gasteiger charge is -2.36. The third-order valence-corrected chi connectivity index (χ3v) is 4.24. The molecule has 3 nitrogen and oxygen atoms in total. The van der Waals surface area contributed by atoms with Crippen molar-refractivity contribution in [2.75, 3.05) is 11.4 Å². The maximum absolute atomic E-state index is 13.5. The predicted octanol–water partition coefficient (Wildman–Crippen LogP) is 4.08. The number of guanidine groups is 1. The van der Waals surface area contributed by atoms with E-state index < -0.39 is 0 Å². The first kappa shape index (κ1) is 15.8. The van der Waals surface area contributed by atoms with Crippen molar-refractivity contribution in [3.8, 4) is 0 Å². The van der Waals surface area contributed by atoms with E-state index in [2.05, 4.69) is 18.8 Å². The largest absolute Gasteiger partial charge is 0.369 e. The summed E-state index contributed by atoms with van der Waals surface area (Å²) in [6, 6.07) is 6.60. The van der Waals surface area contributed by atoms with Crippen LogP contribution in [0.15, 0.2) is 29.3 Å². The smallest absolute Gasteiger partial charge is 0.196 e. The zero-order chi connectivity index (χ0) is 15.3. The van der Waals surface area contributed by atoms with Crippen LogP contribution in [0.5, 0.6) is 0 Å². The van der Waals surface area contributed by atoms with Crippen LogP contribution in [0.2, 0.25) is 0 Å². The third-order valence-electron chi connectivity index (χ3n) is 4.24. The summed E-state index contributed by atoms with van der Waals surface area (Å²) in [6.07, 6.45) is 7.25. The van der Waals surface area contributed by atoms with E-state index >= 15 is 0 Å². The minimum absolute atomic E-state index is 0.135. The summed E-state index contributed by atoms with van der Waals surface area (Å²) in [4.78, 5) is 6.39. The number of halogens is 1. The molecule has 0 aliphatic carbocycles. The molecule has 0 amide bonds. The van der Waals surface area contributed by atoms with Gasteiger partial charge in [0.05, 0.1) is 12.1 Å². The fourth-order valence-corrected chi connectivity index (χ4v) is 3.03. The minimum Gasteiger partial charge on any atom is -0.369 e. The number of nitrogens with two attached hydrogens (primary N) is 1. The van der Waals surface area contributed by atoms with E-state index in [0.717, 1.165) is 18.5 Å². The Balaban J connectivity index is 2.04. The third kappa shape index (κ3) is 3.74. The van der Waals surface area contributed by atoms with E-state index in [0.29, 0.717) is 12.5 Å². The summed E-state index contributed by atoms with van der Waals surface area (Å²) in [5, 5.41) is 0. The van der Waals surface area contributed by atoms with Crippen LogP contribution in [0.25, 0.3) is 0 Å². The average molecular weight is 291 g/mol. The van der Waals surface area contributed by atoms with Gasteiger partial charge in [0.2, 0.25) is 0 Å². The van der Waals surface area contributed by atoms with Gasteiger partial charge in [0.1, 0.15) is 5.82 Å². The van der Waals surface area contributed by atoms with Crippen LogP contribution in [-0.4, -0.2) is 18.0 Å². The summed E-state index contributed by atoms with van der Waals surface area (Å²) in [5.41, 5.74) is 6.70. The summed E-state index contributed by atoms with van der Waals surface area (Å²) in [6.45, 7) is 5.07. The Labute approximate surface area is 127 Å². The molecule has 0 saturated heterocycles. The van der Waals surface area contributed by atoms with Crippen molar-refractivity contribution in [3.05, 3.63) is 30.1 Å². The Morgan fingerprint density at radius 1 is 1.29 bits per heavy atom. The molecule has 1 aromatic carbocycles. The number of nitrogens with zero attached hydrogens (tertiary/aromatic N) is 2. The van der Waals surface area contributed by atoms with E-state index in [-0.39, 0.29) is 11.4 Å². The Morgan fingerprint density at radius 3 is 2.76 bits per heavy atom. The van der Waals surface area contributed by atoms with E-state index in [1.165, 1.54) is 37.8 Å². The molecule has 2 N–H and O–H groups in total. The molecule has 1 atom stereocenters. The molecule has 1 aromatic rings. The van der Waals surface area contributed by atoms with Crippen molar-refractivity contribution in [2.45, 2.75) is 57.9 Å². The van der Waals surface area contributed by atoms with Gasteiger partial charge in [-0.2, -0.15) is 0 Å². The summed E-state index contributed by atoms with van der Waals surface area (Å²) >= 11 is 0. The van der Waals surface area contributed by atoms with Crippen LogP contribution in [0, 0.1) is 5.82 Å². The fraction of sp³-hybridized carbons (Fsp3) is 0.588. The average Bonchev–Trinajstić information content (AvgIpc) is 2.74. The molecule has 0 bridgehead atoms. The van der Waals surface area contributed by atoms with E-state index in [1.54, 1.807) is 6.07 Å². The van der Waals surface area contributed by atoms with Gasteiger partial charge in [-0.1, -0.05) is 45.1 Å². The van der Waals surface area contributed by atoms with Gasteiger partial charge in [-0.15, -0.1) is 0 Å². The second kappa shape index (κ2) is 6.92. The molecule has 2 rings (SSSR count). The Kier molecular flexibility index (Phi) is 5.21. The van der Waals surface area contributed by atoms with Crippen molar-refractivity contribution in [1.29, 1.82) is 0 Å². The summed E-state index contributed by atoms with van der Waals surface area (Å²) in [7, 11) is 0. The van der Waals surface area contributed by atoms with E-state index in [9.17, 15) is 4.39 Å². The predicted molar refractivity (Wildman–Crippen MR) is 87.1 cm³/mol. The maximum Gasteiger partial charge on any atom is 0.196 e. The number of hydrogen-bond acceptors (Lipinski definition) is 3. The highest BCUT2D eigenvalue weighted by Crippen LogP contribution is 2.33. The van der Waals surface area contributed by atoms with Crippen LogP contribution in [0.3, 0.4) is 0 Å². The maximum atomic E-state index is 13.5. The molecular formula is C17H26FN3. The minimum atomic E-state index is -0.238. The molecule has 1 heterocycles. The Bertz CT molecular complexity index is 501. The van der Waals surface area contributed by atoms with Crippen LogP contribution in [-0.2, 0) is 0 Å². The van der Waals surface area contributed by atoms with Crippen LogP contribution in [0.4, 0.5) is 10.1 Å². The van der Waals surface area contributed by atoms with E-state index in [1.807, 2.05) is 11.0 Å². The first-order valence-electron chi connectivity index (χ1n) is 7.92. The number of rotatable bonds is 7. The molecule has 1 unspecified atom stereocenters. The highest BCUT2D eigenvalue weighted by molar-refractivity contribution is 5.98. The van der Waals surface area contributed by atoms with Crippen LogP contribution >= 0.6 is 0 Å². The lowest BCUT2D eigenvalue weighted by atomic mass is 9.92. The Morgan fingerprint density at radius 2 is 2.05 bits per heavy atom. The standard InChI is InChI=1S/C17H26FN3/c1-3-4-5-6-7-11-17(2)13-20-16(19)21(17)15-10-8-9-14(18)12-15/h8-10,12H,3-7,11,13H2,1-2H3,(H2,19,20). The lowest BCUT2D eigenvalue weighted by Crippen LogP contribution is -2.50. The number of benzene rings is 1. The molecule has 0 fully saturated rings. The molecule has 0 spiro atoms. The second-order valence-electron chi connectivity index (χ2n) is 6.15. The zero-order valence-electron chi connectivity index (χ0n) is 13.1. The zero-order valence-corrected chi connectivity index (χ0v) is 13.1. The highest BCUT2D eigenvalue weighted by Gasteiger charge is 2.38. The van der Waals surface area contributed by atoms with Gasteiger partial charge in [-0.25, -0.2) is 4.39 Å². The van der Waals surface area contributed by atoms with Gasteiger partial charge >= 0.3 is 0 Å². The quantitative estimate of drug-likeness (QED) is 0.769. The van der Waals surface area contributed by atoms with Gasteiger partial charge in [0, 0.05) is 5.69 Å². The topological polar surface area (TPSA) is 41.6 Å². The van der Waals surface area contributed by atoms with Crippen molar-refractivity contribution in [2.24, 2.45) is 10.7 Å². The first-order chi connectivity index (χ1) is 10.1. The first-order valence-corrected chi connectivity index (χ1v) is 7.92. The number of hydrogen-bond donors (Lipinski definition) is 1. The normalized spacial score (nSPS) is 21.7. The molecule has 0 saturated carbocycles. The molecule has 1 aliphatic rings. The van der Waals surface area contributed by atoms with Crippen molar-refractivity contribution >= 4 is 11.6 Å². The molecule has 1 aliphatic heterocycles. The molecule has 0 aromatic heterocycles. The fourth-order valence-electron chi connectivity index (χ4n) is 3.03. The van der Waals surface area contributed by atoms with Gasteiger partial charge in [-0.05, 0) is 31.5 Å². The van der Waals surface area contributed by atoms with Gasteiger partial charge < -0.3 is 10.6 Å². The summed E-state index contributed by atoms with van der Waals surface area (Å²) < 4.78 is 13.5. The lowest BCUT2D eigenvalue weighted by molar-refractivity contribution is 0.432. The number of aliphatic imine (C=N–C) groups is 1. The molecule has 21 heavy (non-hydrogen) atoms. The van der Waals surface area contributed by atoms with Crippen LogP contribution < -0.4 is 10.6 Å². The van der Waals surface area contributed by atoms with Gasteiger partial charge in [-0.3, -0.25) is 4.99 Å². The molecule has 0 radical (unpaired) electrons. The SMILES string of the molecule is CCCCCCCC1(C)CN=C(N)N1c1cccc(F)c1. The van der Waals surface area contributed by atoms with Crippen molar-refractivity contribution < 1.29 is 4.39 Å². The molecule has 4 heteroatoms. The van der Waals surface area contributed by atoms with Crippen molar-refractivity contribution in [1.82, 2.24) is 0 Å². The van der Waals surface area contributed by atoms with Crippen molar-refractivity contribution in [3.63, 3.8) is 0 Å². The van der Waals surface area contributed by atoms with Gasteiger partial charge in [0.25, 0.3) is 0 Å². The number of unbranched alkanes of at least 4 members (excludes halogenated alkanes) is 4. The van der Waals surface area contributed by atoms with Crippen LogP contribution in [0.1, 0.15) is 52.4 Å².